The fourth-order valence-corrected chi connectivity index (χ4v) is 2.89. The van der Waals surface area contributed by atoms with Gasteiger partial charge in [0.1, 0.15) is 5.56 Å². The number of para-hydroxylation sites is 1. The smallest absolute Gasteiger partial charge is 0.341 e. The second-order valence-electron chi connectivity index (χ2n) is 5.10. The van der Waals surface area contributed by atoms with Crippen molar-refractivity contribution in [3.63, 3.8) is 0 Å². The highest BCUT2D eigenvalue weighted by atomic mass is 32.2. The number of hydrogen-bond acceptors (Lipinski definition) is 4. The van der Waals surface area contributed by atoms with Crippen molar-refractivity contribution in [3.8, 4) is 0 Å². The molecule has 0 spiro atoms. The Morgan fingerprint density at radius 1 is 1.04 bits per heavy atom. The number of carbonyl (C=O) groups is 2. The molecule has 24 heavy (non-hydrogen) atoms. The summed E-state index contributed by atoms with van der Waals surface area (Å²) in [7, 11) is 0. The maximum absolute atomic E-state index is 12.8. The van der Waals surface area contributed by atoms with Crippen molar-refractivity contribution in [1.82, 2.24) is 4.57 Å². The van der Waals surface area contributed by atoms with Gasteiger partial charge in [-0.1, -0.05) is 18.2 Å². The number of carboxylic acids is 1. The summed E-state index contributed by atoms with van der Waals surface area (Å²) in [6.07, 6.45) is 1.92. The summed E-state index contributed by atoms with van der Waals surface area (Å²) in [6, 6.07) is 14.8. The number of hydrogen-bond donors (Lipinski definition) is 1. The van der Waals surface area contributed by atoms with Crippen molar-refractivity contribution in [2.24, 2.45) is 0 Å². The van der Waals surface area contributed by atoms with E-state index >= 15 is 0 Å². The fraction of sp³-hybridized carbons (Fsp3) is 0.0556. The predicted octanol–water partition coefficient (Wildman–Crippen LogP) is 3.11. The number of aromatic nitrogens is 1. The number of thioether (sulfide) groups is 1. The molecule has 0 aliphatic carbocycles. The molecule has 0 atom stereocenters. The average molecular weight is 339 g/mol. The van der Waals surface area contributed by atoms with Crippen LogP contribution in [0, 0.1) is 0 Å². The second kappa shape index (κ2) is 6.33. The molecule has 0 aliphatic heterocycles. The Balaban J connectivity index is 2.27. The summed E-state index contributed by atoms with van der Waals surface area (Å²) in [5.74, 6) is -1.91. The van der Waals surface area contributed by atoms with Crippen molar-refractivity contribution in [2.75, 3.05) is 6.26 Å². The summed E-state index contributed by atoms with van der Waals surface area (Å²) >= 11 is 1.54. The number of carboxylic acid groups (broad SMARTS) is 1. The number of fused-ring (bicyclic) bond motifs is 1. The first-order valence-electron chi connectivity index (χ1n) is 7.10. The van der Waals surface area contributed by atoms with Gasteiger partial charge in [0.05, 0.1) is 5.52 Å². The van der Waals surface area contributed by atoms with Gasteiger partial charge in [0.2, 0.25) is 0 Å². The number of rotatable bonds is 3. The number of aromatic carboxylic acids is 1. The minimum atomic E-state index is -1.36. The van der Waals surface area contributed by atoms with Crippen molar-refractivity contribution in [1.29, 1.82) is 0 Å². The Labute approximate surface area is 141 Å². The first-order chi connectivity index (χ1) is 11.5. The van der Waals surface area contributed by atoms with Crippen molar-refractivity contribution in [2.45, 2.75) is 4.90 Å². The standard InChI is InChI=1S/C18H13NO4S/c1-24-13-8-6-11(7-9-13)16(20)19-15-5-3-2-4-12(15)10-14(17(19)21)18(22)23/h2-10H,1H3,(H,22,23). The summed E-state index contributed by atoms with van der Waals surface area (Å²) < 4.78 is 0.923. The molecule has 0 saturated carbocycles. The molecule has 1 N–H and O–H groups in total. The van der Waals surface area contributed by atoms with Gasteiger partial charge >= 0.3 is 5.97 Å². The highest BCUT2D eigenvalue weighted by Crippen LogP contribution is 2.18. The SMILES string of the molecule is CSc1ccc(C(=O)n2c(=O)c(C(=O)O)cc3ccccc32)cc1. The van der Waals surface area contributed by atoms with Crippen LogP contribution in [-0.4, -0.2) is 27.8 Å². The molecule has 3 rings (SSSR count). The van der Waals surface area contributed by atoms with Gasteiger partial charge < -0.3 is 5.11 Å². The van der Waals surface area contributed by atoms with E-state index in [4.69, 9.17) is 0 Å². The quantitative estimate of drug-likeness (QED) is 0.742. The normalized spacial score (nSPS) is 10.7. The number of pyridine rings is 1. The van der Waals surface area contributed by atoms with E-state index in [1.54, 1.807) is 48.5 Å². The Kier molecular flexibility index (Phi) is 4.22. The molecule has 6 heteroatoms. The molecule has 0 amide bonds. The van der Waals surface area contributed by atoms with Gasteiger partial charge in [-0.3, -0.25) is 9.59 Å². The minimum Gasteiger partial charge on any atom is -0.477 e. The van der Waals surface area contributed by atoms with Gasteiger partial charge in [-0.25, -0.2) is 9.36 Å². The third-order valence-corrected chi connectivity index (χ3v) is 4.43. The lowest BCUT2D eigenvalue weighted by Crippen LogP contribution is -2.31. The van der Waals surface area contributed by atoms with Gasteiger partial charge in [-0.05, 0) is 48.0 Å². The Morgan fingerprint density at radius 2 is 1.71 bits per heavy atom. The van der Waals surface area contributed by atoms with E-state index in [2.05, 4.69) is 0 Å². The second-order valence-corrected chi connectivity index (χ2v) is 5.98. The monoisotopic (exact) mass is 339 g/mol. The minimum absolute atomic E-state index is 0.322. The molecule has 0 saturated heterocycles. The highest BCUT2D eigenvalue weighted by molar-refractivity contribution is 7.98. The maximum atomic E-state index is 12.8. The molecule has 1 aromatic heterocycles. The summed E-state index contributed by atoms with van der Waals surface area (Å²) in [4.78, 5) is 37.7. The molecule has 0 unspecified atom stereocenters. The van der Waals surface area contributed by atoms with Gasteiger partial charge in [-0.2, -0.15) is 0 Å². The van der Waals surface area contributed by atoms with Crippen LogP contribution in [0.4, 0.5) is 0 Å². The van der Waals surface area contributed by atoms with Crippen LogP contribution >= 0.6 is 11.8 Å². The van der Waals surface area contributed by atoms with Crippen LogP contribution in [0.3, 0.4) is 0 Å². The number of carbonyl (C=O) groups excluding carboxylic acids is 1. The van der Waals surface area contributed by atoms with E-state index in [-0.39, 0.29) is 0 Å². The maximum Gasteiger partial charge on any atom is 0.341 e. The van der Waals surface area contributed by atoms with Gasteiger partial charge in [-0.15, -0.1) is 11.8 Å². The lowest BCUT2D eigenvalue weighted by Gasteiger charge is -2.10. The van der Waals surface area contributed by atoms with E-state index in [0.717, 1.165) is 9.46 Å². The Bertz CT molecular complexity index is 1010. The van der Waals surface area contributed by atoms with Crippen LogP contribution in [-0.2, 0) is 0 Å². The molecule has 0 fully saturated rings. The summed E-state index contributed by atoms with van der Waals surface area (Å²) in [6.45, 7) is 0. The van der Waals surface area contributed by atoms with Crippen LogP contribution in [0.5, 0.6) is 0 Å². The van der Waals surface area contributed by atoms with Crippen LogP contribution in [0.2, 0.25) is 0 Å². The van der Waals surface area contributed by atoms with Gasteiger partial charge in [0.15, 0.2) is 0 Å². The zero-order chi connectivity index (χ0) is 17.3. The molecule has 0 bridgehead atoms. The molecule has 0 radical (unpaired) electrons. The van der Waals surface area contributed by atoms with Crippen LogP contribution in [0.1, 0.15) is 20.7 Å². The van der Waals surface area contributed by atoms with E-state index in [1.165, 1.54) is 17.8 Å². The first-order valence-corrected chi connectivity index (χ1v) is 8.32. The first kappa shape index (κ1) is 16.0. The number of benzene rings is 2. The molecule has 5 nitrogen and oxygen atoms in total. The zero-order valence-electron chi connectivity index (χ0n) is 12.7. The zero-order valence-corrected chi connectivity index (χ0v) is 13.5. The van der Waals surface area contributed by atoms with Crippen LogP contribution in [0.25, 0.3) is 10.9 Å². The summed E-state index contributed by atoms with van der Waals surface area (Å²) in [5, 5.41) is 9.76. The Morgan fingerprint density at radius 3 is 2.33 bits per heavy atom. The lowest BCUT2D eigenvalue weighted by atomic mass is 10.1. The summed E-state index contributed by atoms with van der Waals surface area (Å²) in [5.41, 5.74) is -0.558. The largest absolute Gasteiger partial charge is 0.477 e. The molecule has 2 aromatic carbocycles. The van der Waals surface area contributed by atoms with E-state index < -0.39 is 23.0 Å². The van der Waals surface area contributed by atoms with Crippen LogP contribution < -0.4 is 5.56 Å². The predicted molar refractivity (Wildman–Crippen MR) is 93.1 cm³/mol. The van der Waals surface area contributed by atoms with E-state index in [9.17, 15) is 19.5 Å². The Hall–Kier alpha value is -2.86. The molecule has 1 heterocycles. The van der Waals surface area contributed by atoms with E-state index in [1.807, 2.05) is 6.26 Å². The third-order valence-electron chi connectivity index (χ3n) is 3.68. The van der Waals surface area contributed by atoms with Gasteiger partial charge in [0, 0.05) is 10.5 Å². The average Bonchev–Trinajstić information content (AvgIpc) is 2.60. The topological polar surface area (TPSA) is 76.4 Å². The number of nitrogens with zero attached hydrogens (tertiary/aromatic N) is 1. The lowest BCUT2D eigenvalue weighted by molar-refractivity contribution is 0.0695. The molecular formula is C18H13NO4S. The van der Waals surface area contributed by atoms with Crippen LogP contribution in [0.15, 0.2) is 64.3 Å². The molecule has 0 aliphatic rings. The van der Waals surface area contributed by atoms with Crippen molar-refractivity contribution < 1.29 is 14.7 Å². The van der Waals surface area contributed by atoms with Gasteiger partial charge in [0.25, 0.3) is 11.5 Å². The highest BCUT2D eigenvalue weighted by Gasteiger charge is 2.19. The molecular weight excluding hydrogens is 326 g/mol. The molecule has 3 aromatic rings. The third kappa shape index (κ3) is 2.72. The fourth-order valence-electron chi connectivity index (χ4n) is 2.48. The van der Waals surface area contributed by atoms with E-state index in [0.29, 0.717) is 16.5 Å². The molecule has 120 valence electrons. The van der Waals surface area contributed by atoms with Crippen molar-refractivity contribution >= 4 is 34.5 Å². The van der Waals surface area contributed by atoms with Crippen molar-refractivity contribution in [3.05, 3.63) is 76.1 Å².